The van der Waals surface area contributed by atoms with Gasteiger partial charge < -0.3 is 0 Å². The van der Waals surface area contributed by atoms with Gasteiger partial charge in [0, 0.05) is 151 Å². The van der Waals surface area contributed by atoms with Crippen molar-refractivity contribution in [2.45, 2.75) is 12.4 Å². The van der Waals surface area contributed by atoms with Crippen LogP contribution >= 0.6 is 0 Å². The van der Waals surface area contributed by atoms with Crippen LogP contribution in [0.3, 0.4) is 0 Å². The third kappa shape index (κ3) is 10.0. The summed E-state index contributed by atoms with van der Waals surface area (Å²) < 4.78 is 86.8. The van der Waals surface area contributed by atoms with Gasteiger partial charge in [0.1, 0.15) is 0 Å². The first-order chi connectivity index (χ1) is 45.0. The molecule has 10 heterocycles. The van der Waals surface area contributed by atoms with Crippen molar-refractivity contribution in [1.82, 2.24) is 59.8 Å². The van der Waals surface area contributed by atoms with Gasteiger partial charge in [-0.1, -0.05) is 72.8 Å². The van der Waals surface area contributed by atoms with E-state index in [1.807, 2.05) is 121 Å². The third-order valence-corrected chi connectivity index (χ3v) is 15.9. The number of aromatic nitrogens is 12. The first-order valence-electron chi connectivity index (χ1n) is 28.9. The quantitative estimate of drug-likeness (QED) is 0.120. The highest BCUT2D eigenvalue weighted by atomic mass is 19.4. The Morgan fingerprint density at radius 3 is 0.641 bits per heavy atom. The number of hydrogen-bond acceptors (Lipinski definition) is 12. The molecule has 0 fully saturated rings. The number of rotatable bonds is 10. The van der Waals surface area contributed by atoms with Crippen LogP contribution in [0, 0.1) is 0 Å². The maximum atomic E-state index is 14.5. The van der Waals surface area contributed by atoms with E-state index in [1.54, 1.807) is 86.2 Å². The molecule has 0 saturated carbocycles. The topological polar surface area (TPSA) is 155 Å². The number of hydrogen-bond donors (Lipinski definition) is 0. The molecular weight excluding hydrogens is 1170 g/mol. The van der Waals surface area contributed by atoms with Crippen molar-refractivity contribution < 1.29 is 26.3 Å². The van der Waals surface area contributed by atoms with Crippen LogP contribution in [0.15, 0.2) is 256 Å². The molecule has 12 nitrogen and oxygen atoms in total. The molecule has 0 N–H and O–H groups in total. The highest BCUT2D eigenvalue weighted by Gasteiger charge is 2.41. The second kappa shape index (κ2) is 23.1. The van der Waals surface area contributed by atoms with Crippen molar-refractivity contribution in [3.63, 3.8) is 0 Å². The number of benzene rings is 4. The monoisotopic (exact) mass is 1210 g/mol. The molecule has 92 heavy (non-hydrogen) atoms. The number of halogens is 6. The summed E-state index contributed by atoms with van der Waals surface area (Å²) in [6, 6.07) is 53.8. The number of fused-ring (bicyclic) bond motifs is 8. The highest BCUT2D eigenvalue weighted by Crippen LogP contribution is 2.63. The van der Waals surface area contributed by atoms with Crippen molar-refractivity contribution in [3.05, 3.63) is 267 Å². The van der Waals surface area contributed by atoms with E-state index in [0.29, 0.717) is 123 Å². The van der Waals surface area contributed by atoms with Gasteiger partial charge in [-0.3, -0.25) is 39.9 Å². The molecule has 440 valence electrons. The first kappa shape index (κ1) is 56.3. The zero-order valence-electron chi connectivity index (χ0n) is 47.9. The molecule has 0 saturated heterocycles. The molecule has 0 unspecified atom stereocenters. The molecule has 14 aromatic rings. The molecule has 0 aliphatic heterocycles. The van der Waals surface area contributed by atoms with Gasteiger partial charge in [-0.25, -0.2) is 19.9 Å². The Morgan fingerprint density at radius 2 is 0.435 bits per heavy atom. The molecule has 1 aliphatic rings. The Morgan fingerprint density at radius 1 is 0.217 bits per heavy atom. The molecule has 15 rings (SSSR count). The van der Waals surface area contributed by atoms with Crippen molar-refractivity contribution in [1.29, 1.82) is 0 Å². The van der Waals surface area contributed by atoms with Crippen molar-refractivity contribution in [2.75, 3.05) is 0 Å². The fraction of sp³-hybridized carbons (Fsp3) is 0.0270. The Hall–Kier alpha value is -12.2. The average Bonchev–Trinajstić information content (AvgIpc) is 0.692. The second-order valence-electron chi connectivity index (χ2n) is 21.3. The molecule has 1 aliphatic carbocycles. The number of pyridine rings is 8. The summed E-state index contributed by atoms with van der Waals surface area (Å²) in [7, 11) is 0. The molecule has 0 radical (unpaired) electrons. The van der Waals surface area contributed by atoms with Crippen LogP contribution in [-0.2, 0) is 12.4 Å². The van der Waals surface area contributed by atoms with Crippen molar-refractivity contribution in [3.8, 4) is 158 Å². The van der Waals surface area contributed by atoms with E-state index in [2.05, 4.69) is 0 Å². The molecule has 0 atom stereocenters. The largest absolute Gasteiger partial charge is 0.416 e. The standard InChI is InChI=1S/C74H42F6N12/c75-73(76,77)45-29-25-43(26-30-45)71-89-41-47-57-59(49-17-1-9-33-81-49)61(51-19-3-11-35-83-51)63(53-21-5-13-37-85-53)65(55-23-7-15-39-87-55)67(57)70-48(42-90-72(92-70)44-27-31-46(32-28-44)74(78,79)80)58-60(50-18-2-10-34-82-50)62(52-20-4-12-36-84-52)64(54-22-6-14-38-86-54)66(68(58)69(47)91-71)56-24-8-16-40-88-56/h1-42H. The fourth-order valence-corrected chi connectivity index (χ4v) is 12.1. The normalized spacial score (nSPS) is 11.8. The number of alkyl halides is 6. The zero-order chi connectivity index (χ0) is 62.5. The summed E-state index contributed by atoms with van der Waals surface area (Å²) in [5.74, 6) is 0.109. The Kier molecular flexibility index (Phi) is 14.1. The van der Waals surface area contributed by atoms with E-state index in [9.17, 15) is 26.3 Å². The lowest BCUT2D eigenvalue weighted by Crippen LogP contribution is -2.12. The zero-order valence-corrected chi connectivity index (χ0v) is 47.9. The maximum Gasteiger partial charge on any atom is 0.416 e. The molecule has 0 amide bonds. The van der Waals surface area contributed by atoms with Gasteiger partial charge in [0.15, 0.2) is 11.6 Å². The predicted molar refractivity (Wildman–Crippen MR) is 340 cm³/mol. The molecular formula is C74H42F6N12. The lowest BCUT2D eigenvalue weighted by Gasteiger charge is -2.32. The summed E-state index contributed by atoms with van der Waals surface area (Å²) >= 11 is 0. The average molecular weight is 1210 g/mol. The van der Waals surface area contributed by atoms with Gasteiger partial charge in [-0.2, -0.15) is 26.3 Å². The molecule has 10 aromatic heterocycles. The van der Waals surface area contributed by atoms with Crippen LogP contribution in [-0.4, -0.2) is 59.8 Å². The van der Waals surface area contributed by atoms with E-state index in [-0.39, 0.29) is 34.2 Å². The van der Waals surface area contributed by atoms with E-state index in [4.69, 9.17) is 59.8 Å². The van der Waals surface area contributed by atoms with Gasteiger partial charge in [0.05, 0.1) is 68.1 Å². The van der Waals surface area contributed by atoms with Gasteiger partial charge in [0.25, 0.3) is 0 Å². The van der Waals surface area contributed by atoms with E-state index in [1.165, 1.54) is 24.3 Å². The number of nitrogens with zero attached hydrogens (tertiary/aromatic N) is 12. The summed E-state index contributed by atoms with van der Waals surface area (Å²) in [6.07, 6.45) is 7.47. The van der Waals surface area contributed by atoms with Crippen LogP contribution in [0.5, 0.6) is 0 Å². The first-order valence-corrected chi connectivity index (χ1v) is 28.9. The summed E-state index contributed by atoms with van der Waals surface area (Å²) in [5.41, 5.74) is 9.63. The second-order valence-corrected chi connectivity index (χ2v) is 21.3. The minimum atomic E-state index is -4.66. The summed E-state index contributed by atoms with van der Waals surface area (Å²) in [5, 5.41) is 0. The predicted octanol–water partition coefficient (Wildman–Crippen LogP) is 18.1. The Bertz CT molecular complexity index is 4740. The SMILES string of the molecule is FC(F)(F)c1ccc(-c2ncc3c(n2)-c2c(-c4ccccn4)c(-c4ccccn4)c(-c4ccccn4)c(-c4ccccn4)c2-c2cnc(-c4ccc(C(F)(F)F)cc4)nc2-c2c(-c4ccccn4)c(-c4ccccn4)c(-c4ccccn4)c(-c4ccccn4)c2-3)cc1. The van der Waals surface area contributed by atoms with Gasteiger partial charge >= 0.3 is 12.4 Å². The minimum absolute atomic E-state index is 0.0543. The van der Waals surface area contributed by atoms with E-state index < -0.39 is 23.5 Å². The van der Waals surface area contributed by atoms with Crippen LogP contribution in [0.1, 0.15) is 11.1 Å². The van der Waals surface area contributed by atoms with E-state index >= 15 is 0 Å². The fourth-order valence-electron chi connectivity index (χ4n) is 12.1. The van der Waals surface area contributed by atoms with E-state index in [0.717, 1.165) is 24.3 Å². The van der Waals surface area contributed by atoms with Crippen molar-refractivity contribution >= 4 is 0 Å². The van der Waals surface area contributed by atoms with Gasteiger partial charge in [-0.15, -0.1) is 0 Å². The Balaban J connectivity index is 1.27. The highest BCUT2D eigenvalue weighted by molar-refractivity contribution is 6.22. The third-order valence-electron chi connectivity index (χ3n) is 15.9. The van der Waals surface area contributed by atoms with Crippen LogP contribution < -0.4 is 0 Å². The summed E-state index contributed by atoms with van der Waals surface area (Å²) in [4.78, 5) is 62.7. The van der Waals surface area contributed by atoms with Gasteiger partial charge in [-0.05, 0) is 121 Å². The van der Waals surface area contributed by atoms with Gasteiger partial charge in [0.2, 0.25) is 0 Å². The Labute approximate surface area is 521 Å². The van der Waals surface area contributed by atoms with Crippen molar-refractivity contribution in [2.24, 2.45) is 0 Å². The minimum Gasteiger partial charge on any atom is -0.256 e. The maximum absolute atomic E-state index is 14.5. The molecule has 4 aromatic carbocycles. The molecule has 0 bridgehead atoms. The lowest BCUT2D eigenvalue weighted by molar-refractivity contribution is -0.138. The van der Waals surface area contributed by atoms with Crippen LogP contribution in [0.2, 0.25) is 0 Å². The molecule has 18 heteroatoms. The molecule has 0 spiro atoms. The lowest BCUT2D eigenvalue weighted by atomic mass is 9.72. The smallest absolute Gasteiger partial charge is 0.256 e. The summed E-state index contributed by atoms with van der Waals surface area (Å²) in [6.45, 7) is 0. The van der Waals surface area contributed by atoms with Crippen LogP contribution in [0.25, 0.3) is 158 Å². The van der Waals surface area contributed by atoms with Crippen LogP contribution in [0.4, 0.5) is 26.3 Å².